The molecule has 0 atom stereocenters. The minimum Gasteiger partial charge on any atom is -0.280 e. The Kier molecular flexibility index (Phi) is 4.03. The molecular formula is C18H19NO2S. The Morgan fingerprint density at radius 2 is 1.86 bits per heavy atom. The molecule has 0 spiro atoms. The van der Waals surface area contributed by atoms with Gasteiger partial charge in [0.05, 0.1) is 4.91 Å². The Bertz CT molecular complexity index is 822. The molecule has 114 valence electrons. The lowest BCUT2D eigenvalue weighted by atomic mass is 9.98. The maximum Gasteiger partial charge on any atom is 0.258 e. The summed E-state index contributed by atoms with van der Waals surface area (Å²) in [6, 6.07) is 15.5. The van der Waals surface area contributed by atoms with E-state index in [-0.39, 0.29) is 0 Å². The summed E-state index contributed by atoms with van der Waals surface area (Å²) in [7, 11) is -3.49. The molecule has 3 nitrogen and oxygen atoms in total. The molecule has 3 rings (SSSR count). The number of hydrogen-bond acceptors (Lipinski definition) is 2. The van der Waals surface area contributed by atoms with Gasteiger partial charge in [-0.15, -0.1) is 0 Å². The molecule has 0 aliphatic heterocycles. The third-order valence-electron chi connectivity index (χ3n) is 3.94. The molecule has 0 radical (unpaired) electrons. The Balaban J connectivity index is 1.89. The SMILES string of the molecule is CCc1cccc(NS(=O)(=O)C2=Cc3ccccc3CC2)c1. The third-order valence-corrected chi connectivity index (χ3v) is 5.46. The molecule has 0 saturated heterocycles. The zero-order chi connectivity index (χ0) is 15.6. The van der Waals surface area contributed by atoms with Crippen molar-refractivity contribution in [1.29, 1.82) is 0 Å². The Labute approximate surface area is 131 Å². The molecule has 22 heavy (non-hydrogen) atoms. The van der Waals surface area contributed by atoms with Crippen molar-refractivity contribution in [2.45, 2.75) is 26.2 Å². The number of aryl methyl sites for hydroxylation is 2. The zero-order valence-electron chi connectivity index (χ0n) is 12.5. The number of sulfonamides is 1. The first-order chi connectivity index (χ1) is 10.6. The van der Waals surface area contributed by atoms with E-state index in [9.17, 15) is 8.42 Å². The van der Waals surface area contributed by atoms with Crippen molar-refractivity contribution in [3.8, 4) is 0 Å². The smallest absolute Gasteiger partial charge is 0.258 e. The van der Waals surface area contributed by atoms with Crippen molar-refractivity contribution in [3.05, 3.63) is 70.1 Å². The van der Waals surface area contributed by atoms with E-state index < -0.39 is 10.0 Å². The Hall–Kier alpha value is -2.07. The van der Waals surface area contributed by atoms with E-state index >= 15 is 0 Å². The number of benzene rings is 2. The van der Waals surface area contributed by atoms with Gasteiger partial charge in [0, 0.05) is 5.69 Å². The summed E-state index contributed by atoms with van der Waals surface area (Å²) in [6.07, 6.45) is 3.97. The molecule has 1 aliphatic carbocycles. The van der Waals surface area contributed by atoms with Crippen LogP contribution in [-0.2, 0) is 22.9 Å². The molecule has 4 heteroatoms. The standard InChI is InChI=1S/C18H19NO2S/c1-2-14-6-5-9-17(12-14)19-22(20,21)18-11-10-15-7-3-4-8-16(15)13-18/h3-9,12-13,19H,2,10-11H2,1H3. The minimum absolute atomic E-state index is 0.452. The summed E-state index contributed by atoms with van der Waals surface area (Å²) in [6.45, 7) is 2.05. The number of anilines is 1. The number of rotatable bonds is 4. The van der Waals surface area contributed by atoms with Crippen molar-refractivity contribution >= 4 is 21.8 Å². The highest BCUT2D eigenvalue weighted by Crippen LogP contribution is 2.28. The first-order valence-corrected chi connectivity index (χ1v) is 8.97. The lowest BCUT2D eigenvalue weighted by Gasteiger charge is -2.17. The highest BCUT2D eigenvalue weighted by Gasteiger charge is 2.21. The first-order valence-electron chi connectivity index (χ1n) is 7.49. The van der Waals surface area contributed by atoms with Crippen LogP contribution in [0.5, 0.6) is 0 Å². The normalized spacial score (nSPS) is 14.1. The van der Waals surface area contributed by atoms with Gasteiger partial charge in [-0.2, -0.15) is 0 Å². The molecule has 1 N–H and O–H groups in total. The maximum absolute atomic E-state index is 12.6. The van der Waals surface area contributed by atoms with Crippen LogP contribution in [-0.4, -0.2) is 8.42 Å². The summed E-state index contributed by atoms with van der Waals surface area (Å²) < 4.78 is 27.9. The Morgan fingerprint density at radius 1 is 1.05 bits per heavy atom. The molecule has 0 fully saturated rings. The number of hydrogen-bond donors (Lipinski definition) is 1. The van der Waals surface area contributed by atoms with E-state index in [2.05, 4.69) is 4.72 Å². The minimum atomic E-state index is -3.49. The molecule has 0 bridgehead atoms. The van der Waals surface area contributed by atoms with Crippen molar-refractivity contribution < 1.29 is 8.42 Å². The molecule has 0 saturated carbocycles. The van der Waals surface area contributed by atoms with Crippen molar-refractivity contribution in [3.63, 3.8) is 0 Å². The van der Waals surface area contributed by atoms with E-state index in [1.807, 2.05) is 49.4 Å². The van der Waals surface area contributed by atoms with Crippen LogP contribution in [0.2, 0.25) is 0 Å². The van der Waals surface area contributed by atoms with Crippen LogP contribution in [0.1, 0.15) is 30.0 Å². The van der Waals surface area contributed by atoms with Gasteiger partial charge in [0.25, 0.3) is 10.0 Å². The summed E-state index contributed by atoms with van der Waals surface area (Å²) in [5.74, 6) is 0. The van der Waals surface area contributed by atoms with Gasteiger partial charge in [0.15, 0.2) is 0 Å². The predicted octanol–water partition coefficient (Wildman–Crippen LogP) is 3.98. The highest BCUT2D eigenvalue weighted by molar-refractivity contribution is 7.96. The molecule has 0 unspecified atom stereocenters. The monoisotopic (exact) mass is 313 g/mol. The van der Waals surface area contributed by atoms with Gasteiger partial charge in [-0.25, -0.2) is 8.42 Å². The average Bonchev–Trinajstić information content (AvgIpc) is 2.54. The predicted molar refractivity (Wildman–Crippen MR) is 91.1 cm³/mol. The maximum atomic E-state index is 12.6. The second-order valence-electron chi connectivity index (χ2n) is 5.47. The molecule has 0 aromatic heterocycles. The van der Waals surface area contributed by atoms with Gasteiger partial charge >= 0.3 is 0 Å². The molecule has 2 aromatic rings. The third kappa shape index (κ3) is 3.07. The summed E-state index contributed by atoms with van der Waals surface area (Å²) in [5.41, 5.74) is 3.94. The van der Waals surface area contributed by atoms with Gasteiger partial charge < -0.3 is 0 Å². The van der Waals surface area contributed by atoms with Gasteiger partial charge in [-0.3, -0.25) is 4.72 Å². The van der Waals surface area contributed by atoms with Gasteiger partial charge in [0.1, 0.15) is 0 Å². The fourth-order valence-electron chi connectivity index (χ4n) is 2.69. The van der Waals surface area contributed by atoms with Crippen LogP contribution in [0.3, 0.4) is 0 Å². The Morgan fingerprint density at radius 3 is 2.68 bits per heavy atom. The van der Waals surface area contributed by atoms with E-state index in [1.165, 1.54) is 5.56 Å². The fourth-order valence-corrected chi connectivity index (χ4v) is 3.91. The summed E-state index contributed by atoms with van der Waals surface area (Å²) in [4.78, 5) is 0.452. The molecule has 1 aliphatic rings. The number of fused-ring (bicyclic) bond motifs is 1. The van der Waals surface area contributed by atoms with E-state index in [4.69, 9.17) is 0 Å². The van der Waals surface area contributed by atoms with Gasteiger partial charge in [-0.1, -0.05) is 43.3 Å². The van der Waals surface area contributed by atoms with E-state index in [0.29, 0.717) is 17.0 Å². The van der Waals surface area contributed by atoms with Crippen LogP contribution in [0.4, 0.5) is 5.69 Å². The summed E-state index contributed by atoms with van der Waals surface area (Å²) in [5, 5.41) is 0. The van der Waals surface area contributed by atoms with Crippen LogP contribution in [0, 0.1) is 0 Å². The van der Waals surface area contributed by atoms with Crippen molar-refractivity contribution in [1.82, 2.24) is 0 Å². The second-order valence-corrected chi connectivity index (χ2v) is 7.20. The molecule has 0 amide bonds. The van der Waals surface area contributed by atoms with Crippen molar-refractivity contribution in [2.24, 2.45) is 0 Å². The molecular weight excluding hydrogens is 294 g/mol. The summed E-state index contributed by atoms with van der Waals surface area (Å²) >= 11 is 0. The van der Waals surface area contributed by atoms with E-state index in [1.54, 1.807) is 12.1 Å². The highest BCUT2D eigenvalue weighted by atomic mass is 32.2. The lowest BCUT2D eigenvalue weighted by Crippen LogP contribution is -2.17. The quantitative estimate of drug-likeness (QED) is 0.928. The average molecular weight is 313 g/mol. The fraction of sp³-hybridized carbons (Fsp3) is 0.222. The first kappa shape index (κ1) is 14.9. The van der Waals surface area contributed by atoms with E-state index in [0.717, 1.165) is 24.0 Å². The lowest BCUT2D eigenvalue weighted by molar-refractivity contribution is 0.605. The topological polar surface area (TPSA) is 46.2 Å². The largest absolute Gasteiger partial charge is 0.280 e. The van der Waals surface area contributed by atoms with Gasteiger partial charge in [0.2, 0.25) is 0 Å². The van der Waals surface area contributed by atoms with Gasteiger partial charge in [-0.05, 0) is 54.2 Å². The molecule has 2 aromatic carbocycles. The van der Waals surface area contributed by atoms with Crippen LogP contribution >= 0.6 is 0 Å². The van der Waals surface area contributed by atoms with Crippen molar-refractivity contribution in [2.75, 3.05) is 4.72 Å². The second kappa shape index (κ2) is 5.97. The zero-order valence-corrected chi connectivity index (χ0v) is 13.4. The van der Waals surface area contributed by atoms with Crippen LogP contribution < -0.4 is 4.72 Å². The van der Waals surface area contributed by atoms with Crippen LogP contribution in [0.25, 0.3) is 6.08 Å². The number of nitrogens with one attached hydrogen (secondary N) is 1. The molecule has 0 heterocycles. The number of allylic oxidation sites excluding steroid dienone is 1. The van der Waals surface area contributed by atoms with Crippen LogP contribution in [0.15, 0.2) is 53.4 Å².